The molecule has 48 heavy (non-hydrogen) atoms. The molecule has 3 aromatic rings. The summed E-state index contributed by atoms with van der Waals surface area (Å²) in [5, 5.41) is 22.4. The van der Waals surface area contributed by atoms with Crippen molar-refractivity contribution in [3.8, 4) is 17.2 Å². The van der Waals surface area contributed by atoms with Crippen molar-refractivity contribution in [1.82, 2.24) is 0 Å². The van der Waals surface area contributed by atoms with Gasteiger partial charge in [-0.1, -0.05) is 43.6 Å². The van der Waals surface area contributed by atoms with E-state index < -0.39 is 35.4 Å². The highest BCUT2D eigenvalue weighted by Gasteiger charge is 2.40. The molecular weight excluding hydrogens is 640 g/mol. The summed E-state index contributed by atoms with van der Waals surface area (Å²) in [6, 6.07) is 15.9. The molecule has 3 aromatic carbocycles. The van der Waals surface area contributed by atoms with Crippen molar-refractivity contribution >= 4 is 40.8 Å². The van der Waals surface area contributed by atoms with Crippen LogP contribution >= 0.6 is 11.6 Å². The number of amides is 2. The Bertz CT molecular complexity index is 1630. The van der Waals surface area contributed by atoms with Crippen LogP contribution in [0.2, 0.25) is 5.02 Å². The van der Waals surface area contributed by atoms with Crippen LogP contribution in [0.15, 0.2) is 54.6 Å². The Labute approximate surface area is 285 Å². The fourth-order valence-corrected chi connectivity index (χ4v) is 5.87. The highest BCUT2D eigenvalue weighted by Crippen LogP contribution is 2.45. The Hall–Kier alpha value is -4.32. The van der Waals surface area contributed by atoms with E-state index in [9.17, 15) is 19.5 Å². The zero-order valence-electron chi connectivity index (χ0n) is 27.9. The van der Waals surface area contributed by atoms with Crippen LogP contribution in [-0.2, 0) is 25.5 Å². The molecule has 2 amide bonds. The van der Waals surface area contributed by atoms with Gasteiger partial charge in [0.1, 0.15) is 18.0 Å². The van der Waals surface area contributed by atoms with Crippen LogP contribution in [0.4, 0.5) is 11.4 Å². The van der Waals surface area contributed by atoms with Gasteiger partial charge >= 0.3 is 5.97 Å². The number of halogens is 1. The third kappa shape index (κ3) is 8.77. The van der Waals surface area contributed by atoms with Gasteiger partial charge in [-0.05, 0) is 61.2 Å². The predicted molar refractivity (Wildman–Crippen MR) is 182 cm³/mol. The van der Waals surface area contributed by atoms with Gasteiger partial charge < -0.3 is 39.4 Å². The Morgan fingerprint density at radius 3 is 2.40 bits per heavy atom. The Balaban J connectivity index is 1.72. The fraction of sp³-hybridized carbons (Fsp3) is 0.417. The van der Waals surface area contributed by atoms with E-state index in [-0.39, 0.29) is 26.0 Å². The molecular formula is C36H43ClN2O9. The number of carboxylic acids is 1. The molecule has 2 unspecified atom stereocenters. The van der Waals surface area contributed by atoms with E-state index in [1.165, 1.54) is 21.3 Å². The Kier molecular flexibility index (Phi) is 12.3. The molecule has 12 heteroatoms. The molecule has 1 heterocycles. The average Bonchev–Trinajstić information content (AvgIpc) is 3.16. The number of carboxylic acid groups (broad SMARTS) is 1. The van der Waals surface area contributed by atoms with Crippen molar-refractivity contribution in [2.45, 2.75) is 58.2 Å². The molecule has 0 saturated heterocycles. The summed E-state index contributed by atoms with van der Waals surface area (Å²) < 4.78 is 23.4. The van der Waals surface area contributed by atoms with Crippen molar-refractivity contribution < 1.29 is 43.5 Å². The number of methoxy groups -OCH3 is 3. The van der Waals surface area contributed by atoms with Crippen molar-refractivity contribution in [2.75, 3.05) is 44.7 Å². The lowest BCUT2D eigenvalue weighted by atomic mass is 9.92. The monoisotopic (exact) mass is 682 g/mol. The number of hydrogen-bond acceptors (Lipinski definition) is 8. The summed E-state index contributed by atoms with van der Waals surface area (Å²) in [6.45, 7) is 3.63. The molecule has 0 aliphatic carbocycles. The van der Waals surface area contributed by atoms with Crippen LogP contribution in [0.3, 0.4) is 0 Å². The summed E-state index contributed by atoms with van der Waals surface area (Å²) in [4.78, 5) is 40.5. The first-order valence-corrected chi connectivity index (χ1v) is 16.1. The number of anilines is 2. The maximum absolute atomic E-state index is 14.4. The van der Waals surface area contributed by atoms with E-state index in [0.717, 1.165) is 5.56 Å². The number of fused-ring (bicyclic) bond motifs is 1. The Morgan fingerprint density at radius 2 is 1.73 bits per heavy atom. The number of aryl methyl sites for hydroxylation is 1. The molecule has 0 saturated carbocycles. The number of rotatable bonds is 15. The number of benzene rings is 3. The van der Waals surface area contributed by atoms with Gasteiger partial charge in [-0.2, -0.15) is 0 Å². The smallest absolute Gasteiger partial charge is 0.303 e. The summed E-state index contributed by atoms with van der Waals surface area (Å²) in [7, 11) is 4.52. The molecule has 0 bridgehead atoms. The third-order valence-corrected chi connectivity index (χ3v) is 8.38. The Morgan fingerprint density at radius 1 is 0.979 bits per heavy atom. The van der Waals surface area contributed by atoms with E-state index in [0.29, 0.717) is 64.0 Å². The van der Waals surface area contributed by atoms with Gasteiger partial charge in [0, 0.05) is 46.8 Å². The summed E-state index contributed by atoms with van der Waals surface area (Å²) in [5.41, 5.74) is 2.30. The van der Waals surface area contributed by atoms with Gasteiger partial charge in [-0.15, -0.1) is 0 Å². The van der Waals surface area contributed by atoms with Gasteiger partial charge in [0.25, 0.3) is 5.91 Å². The van der Waals surface area contributed by atoms with E-state index in [4.69, 9.17) is 35.7 Å². The molecule has 1 aliphatic heterocycles. The standard InChI is InChI=1S/C36H43ClN2O9/c1-36(2,21-40)20-39-27-15-14-23(37)18-25(27)33(24-10-8-11-29(46-4)34(24)47-5)48-30(35(39)44)19-31(41)38-26-17-22(13-16-28(26)45-3)9-6-7-12-32(42)43/h8,10-11,13-18,30,33,40H,6-7,9,12,19-21H2,1-5H3,(H,38,41)(H,42,43). The van der Waals surface area contributed by atoms with E-state index in [2.05, 4.69) is 5.32 Å². The maximum Gasteiger partial charge on any atom is 0.303 e. The minimum absolute atomic E-state index is 0.0837. The van der Waals surface area contributed by atoms with Crippen LogP contribution in [0, 0.1) is 5.41 Å². The maximum atomic E-state index is 14.4. The molecule has 11 nitrogen and oxygen atoms in total. The number of ether oxygens (including phenoxy) is 4. The van der Waals surface area contributed by atoms with Crippen LogP contribution < -0.4 is 24.4 Å². The lowest BCUT2D eigenvalue weighted by Gasteiger charge is -2.32. The SMILES string of the molecule is COc1ccc(CCCCC(=O)O)cc1NC(=O)CC1OC(c2cccc(OC)c2OC)c2cc(Cl)ccc2N(CC(C)(C)CO)C1=O. The molecule has 2 atom stereocenters. The van der Waals surface area contributed by atoms with E-state index in [1.54, 1.807) is 53.4 Å². The second-order valence-corrected chi connectivity index (χ2v) is 12.9. The van der Waals surface area contributed by atoms with Crippen LogP contribution in [-0.4, -0.2) is 68.6 Å². The van der Waals surface area contributed by atoms with Gasteiger partial charge in [0.05, 0.1) is 33.4 Å². The number of aliphatic hydroxyl groups excluding tert-OH is 1. The van der Waals surface area contributed by atoms with Crippen molar-refractivity contribution in [2.24, 2.45) is 5.41 Å². The summed E-state index contributed by atoms with van der Waals surface area (Å²) in [5.74, 6) is -0.501. The molecule has 258 valence electrons. The molecule has 4 rings (SSSR count). The number of hydrogen-bond donors (Lipinski definition) is 3. The van der Waals surface area contributed by atoms with Gasteiger partial charge in [-0.25, -0.2) is 0 Å². The molecule has 0 fully saturated rings. The summed E-state index contributed by atoms with van der Waals surface area (Å²) >= 11 is 6.51. The topological polar surface area (TPSA) is 144 Å². The summed E-state index contributed by atoms with van der Waals surface area (Å²) in [6.07, 6.45) is -0.596. The normalized spacial score (nSPS) is 16.1. The van der Waals surface area contributed by atoms with Crippen molar-refractivity contribution in [3.05, 3.63) is 76.3 Å². The van der Waals surface area contributed by atoms with Crippen LogP contribution in [0.25, 0.3) is 0 Å². The number of aliphatic carboxylic acids is 1. The zero-order valence-corrected chi connectivity index (χ0v) is 28.6. The lowest BCUT2D eigenvalue weighted by molar-refractivity contribution is -0.137. The quantitative estimate of drug-likeness (QED) is 0.164. The third-order valence-electron chi connectivity index (χ3n) is 8.15. The zero-order chi connectivity index (χ0) is 35.0. The number of carbonyl (C=O) groups excluding carboxylic acids is 2. The van der Waals surface area contributed by atoms with Crippen LogP contribution in [0.5, 0.6) is 17.2 Å². The molecule has 0 aromatic heterocycles. The van der Waals surface area contributed by atoms with E-state index in [1.807, 2.05) is 19.9 Å². The number of para-hydroxylation sites is 1. The first-order valence-electron chi connectivity index (χ1n) is 15.7. The first kappa shape index (κ1) is 36.5. The molecule has 0 radical (unpaired) electrons. The van der Waals surface area contributed by atoms with Crippen molar-refractivity contribution in [3.63, 3.8) is 0 Å². The van der Waals surface area contributed by atoms with Gasteiger partial charge in [0.2, 0.25) is 5.91 Å². The number of unbranched alkanes of at least 4 members (excludes halogenated alkanes) is 1. The highest BCUT2D eigenvalue weighted by molar-refractivity contribution is 6.30. The second-order valence-electron chi connectivity index (χ2n) is 12.4. The first-order chi connectivity index (χ1) is 22.9. The van der Waals surface area contributed by atoms with Gasteiger partial charge in [-0.3, -0.25) is 14.4 Å². The predicted octanol–water partition coefficient (Wildman–Crippen LogP) is 6.03. The van der Waals surface area contributed by atoms with E-state index >= 15 is 0 Å². The largest absolute Gasteiger partial charge is 0.495 e. The minimum Gasteiger partial charge on any atom is -0.495 e. The van der Waals surface area contributed by atoms with Crippen molar-refractivity contribution in [1.29, 1.82) is 0 Å². The molecule has 3 N–H and O–H groups in total. The lowest BCUT2D eigenvalue weighted by Crippen LogP contribution is -2.46. The number of carbonyl (C=O) groups is 3. The van der Waals surface area contributed by atoms with Gasteiger partial charge in [0.15, 0.2) is 11.5 Å². The highest BCUT2D eigenvalue weighted by atomic mass is 35.5. The molecule has 1 aliphatic rings. The second kappa shape index (κ2) is 16.2. The number of nitrogens with zero attached hydrogens (tertiary/aromatic N) is 1. The average molecular weight is 683 g/mol. The fourth-order valence-electron chi connectivity index (χ4n) is 5.69. The minimum atomic E-state index is -1.25. The molecule has 0 spiro atoms. The van der Waals surface area contributed by atoms with Crippen LogP contribution in [0.1, 0.15) is 62.3 Å². The number of aliphatic hydroxyl groups is 1. The number of nitrogens with one attached hydrogen (secondary N) is 1.